The van der Waals surface area contributed by atoms with Crippen molar-refractivity contribution in [2.75, 3.05) is 26.7 Å². The van der Waals surface area contributed by atoms with E-state index >= 15 is 0 Å². The summed E-state index contributed by atoms with van der Waals surface area (Å²) in [5, 5.41) is 7.31. The number of hydrogen-bond donors (Lipinski definition) is 2. The molecule has 6 heteroatoms. The number of hydrogen-bond acceptors (Lipinski definition) is 3. The minimum Gasteiger partial charge on any atom is -0.377 e. The van der Waals surface area contributed by atoms with Crippen LogP contribution in [0.15, 0.2) is 4.99 Å². The fourth-order valence-electron chi connectivity index (χ4n) is 5.74. The number of carbonyl (C=O) groups is 1. The molecule has 0 radical (unpaired) electrons. The highest BCUT2D eigenvalue weighted by atomic mass is 16.5. The normalized spacial score (nSPS) is 36.4. The predicted octanol–water partition coefficient (Wildman–Crippen LogP) is 1.51. The first-order chi connectivity index (χ1) is 12.2. The van der Waals surface area contributed by atoms with Gasteiger partial charge >= 0.3 is 0 Å². The first-order valence-electron chi connectivity index (χ1n) is 10.1. The second-order valence-electron chi connectivity index (χ2n) is 8.20. The zero-order chi connectivity index (χ0) is 17.4. The van der Waals surface area contributed by atoms with Crippen LogP contribution in [0.2, 0.25) is 0 Å². The maximum Gasteiger partial charge on any atom is 0.222 e. The molecule has 2 aliphatic carbocycles. The van der Waals surface area contributed by atoms with E-state index in [1.807, 2.05) is 18.9 Å². The van der Waals surface area contributed by atoms with Gasteiger partial charge in [-0.1, -0.05) is 19.8 Å². The maximum absolute atomic E-state index is 11.9. The lowest BCUT2D eigenvalue weighted by Gasteiger charge is -2.57. The van der Waals surface area contributed by atoms with Crippen molar-refractivity contribution in [2.24, 2.45) is 16.3 Å². The van der Waals surface area contributed by atoms with Gasteiger partial charge in [0.05, 0.1) is 6.10 Å². The fourth-order valence-corrected chi connectivity index (χ4v) is 5.74. The Morgan fingerprint density at radius 1 is 1.28 bits per heavy atom. The Hall–Kier alpha value is -1.30. The third-order valence-electron chi connectivity index (χ3n) is 6.99. The quantitative estimate of drug-likeness (QED) is 0.599. The Morgan fingerprint density at radius 2 is 2.08 bits per heavy atom. The van der Waals surface area contributed by atoms with Crippen LogP contribution in [0.25, 0.3) is 0 Å². The number of ether oxygens (including phenoxy) is 1. The first-order valence-corrected chi connectivity index (χ1v) is 10.1. The van der Waals surface area contributed by atoms with Crippen molar-refractivity contribution in [1.29, 1.82) is 0 Å². The van der Waals surface area contributed by atoms with Crippen molar-refractivity contribution >= 4 is 11.9 Å². The van der Waals surface area contributed by atoms with Crippen LogP contribution in [0.1, 0.15) is 51.9 Å². The second-order valence-corrected chi connectivity index (χ2v) is 8.20. The van der Waals surface area contributed by atoms with E-state index in [1.165, 1.54) is 32.1 Å². The van der Waals surface area contributed by atoms with Crippen LogP contribution in [0.4, 0.5) is 0 Å². The molecule has 4 atom stereocenters. The molecule has 0 aromatic rings. The van der Waals surface area contributed by atoms with Crippen LogP contribution in [0.5, 0.6) is 0 Å². The third-order valence-corrected chi connectivity index (χ3v) is 6.99. The summed E-state index contributed by atoms with van der Waals surface area (Å²) in [5.74, 6) is 1.79. The van der Waals surface area contributed by atoms with Gasteiger partial charge < -0.3 is 20.3 Å². The molecule has 6 nitrogen and oxygen atoms in total. The molecule has 0 bridgehead atoms. The van der Waals surface area contributed by atoms with Gasteiger partial charge in [-0.3, -0.25) is 9.79 Å². The number of amides is 1. The lowest BCUT2D eigenvalue weighted by molar-refractivity contribution is -0.129. The van der Waals surface area contributed by atoms with Crippen molar-refractivity contribution in [3.63, 3.8) is 0 Å². The molecule has 4 aliphatic rings. The van der Waals surface area contributed by atoms with E-state index in [0.717, 1.165) is 32.1 Å². The molecule has 1 spiro atoms. The van der Waals surface area contributed by atoms with Crippen LogP contribution in [0, 0.1) is 11.3 Å². The number of likely N-dealkylation sites (tertiary alicyclic amines) is 1. The number of nitrogens with one attached hydrogen (secondary N) is 2. The Kier molecular flexibility index (Phi) is 4.65. The van der Waals surface area contributed by atoms with Crippen molar-refractivity contribution < 1.29 is 9.53 Å². The molecule has 2 saturated carbocycles. The smallest absolute Gasteiger partial charge is 0.222 e. The summed E-state index contributed by atoms with van der Waals surface area (Å²) in [7, 11) is 1.85. The lowest BCUT2D eigenvalue weighted by Crippen LogP contribution is -2.69. The average molecular weight is 348 g/mol. The number of aliphatic imine (C=N–C) groups is 1. The minimum atomic E-state index is 0.252. The van der Waals surface area contributed by atoms with Crippen molar-refractivity contribution in [1.82, 2.24) is 15.5 Å². The van der Waals surface area contributed by atoms with Crippen molar-refractivity contribution in [3.05, 3.63) is 0 Å². The lowest BCUT2D eigenvalue weighted by atomic mass is 9.54. The summed E-state index contributed by atoms with van der Waals surface area (Å²) < 4.78 is 6.08. The van der Waals surface area contributed by atoms with Crippen LogP contribution in [-0.4, -0.2) is 61.7 Å². The Bertz CT molecular complexity index is 544. The molecule has 2 N–H and O–H groups in total. The van der Waals surface area contributed by atoms with Crippen LogP contribution in [0.3, 0.4) is 0 Å². The molecule has 25 heavy (non-hydrogen) atoms. The predicted molar refractivity (Wildman–Crippen MR) is 97.4 cm³/mol. The summed E-state index contributed by atoms with van der Waals surface area (Å²) in [6, 6.07) is 0.792. The van der Waals surface area contributed by atoms with E-state index in [-0.39, 0.29) is 5.91 Å². The van der Waals surface area contributed by atoms with Gasteiger partial charge in [0, 0.05) is 56.6 Å². The Labute approximate surface area is 150 Å². The molecule has 4 fully saturated rings. The standard InChI is InChI=1S/C19H32N4O2/c1-3-15(24)23-10-6-13(12-23)21-18(20-2)22-16-14-7-11-25-17(14)19(16)8-4-5-9-19/h13-14,16-17H,3-12H2,1-2H3,(H2,20,21,22). The number of nitrogens with zero attached hydrogens (tertiary/aromatic N) is 2. The van der Waals surface area contributed by atoms with Crippen LogP contribution in [-0.2, 0) is 9.53 Å². The van der Waals surface area contributed by atoms with Gasteiger partial charge in [-0.25, -0.2) is 0 Å². The van der Waals surface area contributed by atoms with Crippen LogP contribution < -0.4 is 10.6 Å². The fraction of sp³-hybridized carbons (Fsp3) is 0.895. The van der Waals surface area contributed by atoms with Gasteiger partial charge in [-0.2, -0.15) is 0 Å². The number of rotatable bonds is 3. The van der Waals surface area contributed by atoms with E-state index in [2.05, 4.69) is 15.6 Å². The second kappa shape index (κ2) is 6.78. The molecular weight excluding hydrogens is 316 g/mol. The van der Waals surface area contributed by atoms with Crippen molar-refractivity contribution in [3.8, 4) is 0 Å². The van der Waals surface area contributed by atoms with Gasteiger partial charge in [0.1, 0.15) is 0 Å². The van der Waals surface area contributed by atoms with E-state index in [1.54, 1.807) is 0 Å². The summed E-state index contributed by atoms with van der Waals surface area (Å²) >= 11 is 0. The van der Waals surface area contributed by atoms with Crippen LogP contribution >= 0.6 is 0 Å². The minimum absolute atomic E-state index is 0.252. The third kappa shape index (κ3) is 2.82. The van der Waals surface area contributed by atoms with Gasteiger partial charge in [0.15, 0.2) is 5.96 Å². The van der Waals surface area contributed by atoms with Gasteiger partial charge in [0.25, 0.3) is 0 Å². The van der Waals surface area contributed by atoms with E-state index in [0.29, 0.717) is 35.9 Å². The zero-order valence-corrected chi connectivity index (χ0v) is 15.6. The SMILES string of the molecule is CCC(=O)N1CCC(NC(=NC)NC2C3CCOC3C23CCCC3)C1. The summed E-state index contributed by atoms with van der Waals surface area (Å²) in [6.07, 6.45) is 8.44. The summed E-state index contributed by atoms with van der Waals surface area (Å²) in [5.41, 5.74) is 0.332. The number of fused-ring (bicyclic) bond motifs is 2. The monoisotopic (exact) mass is 348 g/mol. The zero-order valence-electron chi connectivity index (χ0n) is 15.6. The van der Waals surface area contributed by atoms with Gasteiger partial charge in [0.2, 0.25) is 5.91 Å². The number of carbonyl (C=O) groups excluding carboxylic acids is 1. The average Bonchev–Trinajstić information content (AvgIpc) is 3.37. The Balaban J connectivity index is 1.37. The molecule has 2 aliphatic heterocycles. The van der Waals surface area contributed by atoms with Gasteiger partial charge in [-0.05, 0) is 25.7 Å². The molecule has 1 amide bonds. The molecular formula is C19H32N4O2. The topological polar surface area (TPSA) is 66.0 Å². The maximum atomic E-state index is 11.9. The Morgan fingerprint density at radius 3 is 2.80 bits per heavy atom. The molecule has 140 valence electrons. The highest BCUT2D eigenvalue weighted by Crippen LogP contribution is 2.60. The van der Waals surface area contributed by atoms with E-state index < -0.39 is 0 Å². The molecule has 4 rings (SSSR count). The number of guanidine groups is 1. The summed E-state index contributed by atoms with van der Waals surface area (Å²) in [6.45, 7) is 4.49. The largest absolute Gasteiger partial charge is 0.377 e. The van der Waals surface area contributed by atoms with Gasteiger partial charge in [-0.15, -0.1) is 0 Å². The molecule has 0 aromatic carbocycles. The molecule has 2 heterocycles. The first kappa shape index (κ1) is 17.1. The van der Waals surface area contributed by atoms with E-state index in [9.17, 15) is 4.79 Å². The highest BCUT2D eigenvalue weighted by molar-refractivity contribution is 5.81. The molecule has 2 saturated heterocycles. The molecule has 0 aromatic heterocycles. The van der Waals surface area contributed by atoms with Crippen molar-refractivity contribution in [2.45, 2.75) is 70.1 Å². The molecule has 4 unspecified atom stereocenters. The highest BCUT2D eigenvalue weighted by Gasteiger charge is 2.65. The van der Waals surface area contributed by atoms with E-state index in [4.69, 9.17) is 4.74 Å². The summed E-state index contributed by atoms with van der Waals surface area (Å²) in [4.78, 5) is 18.3.